The van der Waals surface area contributed by atoms with E-state index in [9.17, 15) is 4.79 Å². The smallest absolute Gasteiger partial charge is 0.289 e. The number of piperidine rings is 1. The van der Waals surface area contributed by atoms with Crippen molar-refractivity contribution in [2.24, 2.45) is 4.99 Å². The third-order valence-electron chi connectivity index (χ3n) is 6.21. The average molecular weight is 424 g/mol. The highest BCUT2D eigenvalue weighted by atomic mass is 16.3. The van der Waals surface area contributed by atoms with Crippen LogP contribution in [-0.2, 0) is 13.1 Å². The summed E-state index contributed by atoms with van der Waals surface area (Å²) in [4.78, 5) is 23.6. The zero-order valence-electron chi connectivity index (χ0n) is 18.4. The predicted octanol–water partition coefficient (Wildman–Crippen LogP) is 2.80. The summed E-state index contributed by atoms with van der Waals surface area (Å²) in [5.74, 6) is 1.25. The van der Waals surface area contributed by atoms with Gasteiger partial charge in [-0.3, -0.25) is 14.7 Å². The Balaban J connectivity index is 1.31. The third kappa shape index (κ3) is 5.47. The van der Waals surface area contributed by atoms with Gasteiger partial charge in [0, 0.05) is 46.3 Å². The lowest BCUT2D eigenvalue weighted by Crippen LogP contribution is -2.53. The number of furan rings is 1. The summed E-state index contributed by atoms with van der Waals surface area (Å²) in [5.41, 5.74) is 2.71. The number of carbonyl (C=O) groups is 1. The number of hydrogen-bond donors (Lipinski definition) is 1. The first-order valence-corrected chi connectivity index (χ1v) is 11.3. The van der Waals surface area contributed by atoms with Crippen LogP contribution in [0.15, 0.2) is 52.1 Å². The fraction of sp³-hybridized carbons (Fsp3) is 0.500. The van der Waals surface area contributed by atoms with Gasteiger partial charge in [-0.15, -0.1) is 0 Å². The van der Waals surface area contributed by atoms with E-state index in [0.717, 1.165) is 32.1 Å². The normalized spacial score (nSPS) is 18.3. The number of benzene rings is 1. The largest absolute Gasteiger partial charge is 0.459 e. The molecule has 0 aliphatic carbocycles. The van der Waals surface area contributed by atoms with Gasteiger partial charge in [0.05, 0.1) is 6.26 Å². The number of rotatable bonds is 5. The fourth-order valence-corrected chi connectivity index (χ4v) is 4.43. The Bertz CT molecular complexity index is 866. The Morgan fingerprint density at radius 1 is 0.935 bits per heavy atom. The molecule has 2 aromatic rings. The first kappa shape index (κ1) is 21.4. The second-order valence-electron chi connectivity index (χ2n) is 8.26. The first-order chi connectivity index (χ1) is 15.2. The van der Waals surface area contributed by atoms with Crippen molar-refractivity contribution in [1.29, 1.82) is 0 Å². The van der Waals surface area contributed by atoms with Gasteiger partial charge in [-0.1, -0.05) is 30.7 Å². The molecule has 1 N–H and O–H groups in total. The number of hydrogen-bond acceptors (Lipinski definition) is 4. The zero-order chi connectivity index (χ0) is 21.5. The van der Waals surface area contributed by atoms with Gasteiger partial charge in [0.15, 0.2) is 11.7 Å². The van der Waals surface area contributed by atoms with Crippen LogP contribution < -0.4 is 5.32 Å². The van der Waals surface area contributed by atoms with Crippen molar-refractivity contribution in [2.75, 3.05) is 46.3 Å². The van der Waals surface area contributed by atoms with Crippen molar-refractivity contribution < 1.29 is 9.21 Å². The van der Waals surface area contributed by atoms with E-state index in [2.05, 4.69) is 44.4 Å². The molecule has 4 rings (SSSR count). The van der Waals surface area contributed by atoms with Gasteiger partial charge in [0.25, 0.3) is 5.91 Å². The highest BCUT2D eigenvalue weighted by Gasteiger charge is 2.25. The molecular formula is C24H33N5O2. The number of amides is 1. The average Bonchev–Trinajstić information content (AvgIpc) is 3.36. The molecule has 2 aliphatic heterocycles. The minimum Gasteiger partial charge on any atom is -0.459 e. The van der Waals surface area contributed by atoms with Crippen LogP contribution in [0.4, 0.5) is 0 Å². The Morgan fingerprint density at radius 3 is 2.32 bits per heavy atom. The monoisotopic (exact) mass is 423 g/mol. The van der Waals surface area contributed by atoms with E-state index in [0.29, 0.717) is 18.8 Å². The van der Waals surface area contributed by atoms with Gasteiger partial charge in [-0.2, -0.15) is 0 Å². The second-order valence-corrected chi connectivity index (χ2v) is 8.26. The highest BCUT2D eigenvalue weighted by molar-refractivity contribution is 5.91. The van der Waals surface area contributed by atoms with Crippen molar-refractivity contribution >= 4 is 11.9 Å². The van der Waals surface area contributed by atoms with Gasteiger partial charge in [-0.25, -0.2) is 0 Å². The van der Waals surface area contributed by atoms with Crippen LogP contribution in [-0.4, -0.2) is 72.9 Å². The Labute approximate surface area is 184 Å². The molecule has 0 saturated carbocycles. The van der Waals surface area contributed by atoms with Crippen molar-refractivity contribution in [3.63, 3.8) is 0 Å². The van der Waals surface area contributed by atoms with E-state index >= 15 is 0 Å². The summed E-state index contributed by atoms with van der Waals surface area (Å²) in [5, 5.41) is 3.54. The first-order valence-electron chi connectivity index (χ1n) is 11.3. The molecule has 7 heteroatoms. The summed E-state index contributed by atoms with van der Waals surface area (Å²) in [6.07, 6.45) is 5.51. The summed E-state index contributed by atoms with van der Waals surface area (Å²) in [7, 11) is 1.82. The zero-order valence-corrected chi connectivity index (χ0v) is 18.4. The molecule has 0 bridgehead atoms. The summed E-state index contributed by atoms with van der Waals surface area (Å²) >= 11 is 0. The predicted molar refractivity (Wildman–Crippen MR) is 122 cm³/mol. The fourth-order valence-electron chi connectivity index (χ4n) is 4.43. The number of piperazine rings is 1. The van der Waals surface area contributed by atoms with Gasteiger partial charge in [-0.05, 0) is 49.2 Å². The maximum absolute atomic E-state index is 12.5. The lowest BCUT2D eigenvalue weighted by molar-refractivity contribution is 0.0657. The van der Waals surface area contributed by atoms with Crippen LogP contribution in [0.25, 0.3) is 0 Å². The van der Waals surface area contributed by atoms with Crippen LogP contribution >= 0.6 is 0 Å². The van der Waals surface area contributed by atoms with E-state index in [-0.39, 0.29) is 5.91 Å². The Kier molecular flexibility index (Phi) is 7.25. The molecule has 2 fully saturated rings. The number of aliphatic imine (C=N–C) groups is 1. The number of guanidine groups is 1. The molecule has 0 unspecified atom stereocenters. The molecule has 1 amide bonds. The Morgan fingerprint density at radius 2 is 1.65 bits per heavy atom. The minimum atomic E-state index is -0.0424. The molecule has 0 atom stereocenters. The van der Waals surface area contributed by atoms with E-state index in [1.54, 1.807) is 18.4 Å². The molecule has 3 heterocycles. The number of nitrogens with one attached hydrogen (secondary N) is 1. The van der Waals surface area contributed by atoms with E-state index in [1.807, 2.05) is 11.9 Å². The second kappa shape index (κ2) is 10.5. The van der Waals surface area contributed by atoms with Crippen LogP contribution in [0.5, 0.6) is 0 Å². The molecule has 1 aromatic heterocycles. The standard InChI is InChI=1S/C24H33N5O2/c1-25-24(29-15-13-28(14-16-29)23(30)22-10-7-17-31-22)26-18-20-8-3-4-9-21(20)19-27-11-5-2-6-12-27/h3-4,7-10,17H,2,5-6,11-16,18-19H2,1H3,(H,25,26). The van der Waals surface area contributed by atoms with Gasteiger partial charge in [0.2, 0.25) is 0 Å². The van der Waals surface area contributed by atoms with Crippen molar-refractivity contribution in [3.8, 4) is 0 Å². The molecule has 166 valence electrons. The minimum absolute atomic E-state index is 0.0424. The maximum Gasteiger partial charge on any atom is 0.289 e. The molecule has 31 heavy (non-hydrogen) atoms. The maximum atomic E-state index is 12.5. The number of carbonyl (C=O) groups excluding carboxylic acids is 1. The summed E-state index contributed by atoms with van der Waals surface area (Å²) in [6.45, 7) is 6.99. The Hall–Kier alpha value is -2.80. The van der Waals surface area contributed by atoms with Crippen LogP contribution in [0.3, 0.4) is 0 Å². The van der Waals surface area contributed by atoms with E-state index in [1.165, 1.54) is 43.5 Å². The van der Waals surface area contributed by atoms with Crippen LogP contribution in [0.1, 0.15) is 40.9 Å². The lowest BCUT2D eigenvalue weighted by atomic mass is 10.0. The quantitative estimate of drug-likeness (QED) is 0.592. The van der Waals surface area contributed by atoms with E-state index < -0.39 is 0 Å². The van der Waals surface area contributed by atoms with Crippen molar-refractivity contribution in [2.45, 2.75) is 32.4 Å². The lowest BCUT2D eigenvalue weighted by Gasteiger charge is -2.36. The molecule has 7 nitrogen and oxygen atoms in total. The van der Waals surface area contributed by atoms with Crippen molar-refractivity contribution in [3.05, 3.63) is 59.5 Å². The molecule has 2 aliphatic rings. The topological polar surface area (TPSA) is 64.3 Å². The van der Waals surface area contributed by atoms with Crippen LogP contribution in [0.2, 0.25) is 0 Å². The SMILES string of the molecule is CN=C(NCc1ccccc1CN1CCCCC1)N1CCN(C(=O)c2ccco2)CC1. The van der Waals surface area contributed by atoms with Gasteiger partial charge in [0.1, 0.15) is 0 Å². The third-order valence-corrected chi connectivity index (χ3v) is 6.21. The van der Waals surface area contributed by atoms with E-state index in [4.69, 9.17) is 4.42 Å². The van der Waals surface area contributed by atoms with Crippen LogP contribution in [0, 0.1) is 0 Å². The molecule has 0 spiro atoms. The summed E-state index contributed by atoms with van der Waals surface area (Å²) in [6, 6.07) is 12.2. The number of likely N-dealkylation sites (tertiary alicyclic amines) is 1. The molecule has 0 radical (unpaired) electrons. The highest BCUT2D eigenvalue weighted by Crippen LogP contribution is 2.16. The molecule has 2 saturated heterocycles. The van der Waals surface area contributed by atoms with Crippen molar-refractivity contribution in [1.82, 2.24) is 20.0 Å². The summed E-state index contributed by atoms with van der Waals surface area (Å²) < 4.78 is 5.25. The van der Waals surface area contributed by atoms with Gasteiger partial charge >= 0.3 is 0 Å². The molecule has 1 aromatic carbocycles. The van der Waals surface area contributed by atoms with Gasteiger partial charge < -0.3 is 19.5 Å². The number of nitrogens with zero attached hydrogens (tertiary/aromatic N) is 4. The molecular weight excluding hydrogens is 390 g/mol.